The van der Waals surface area contributed by atoms with E-state index in [0.29, 0.717) is 16.2 Å². The largest absolute Gasteiger partial charge is 0.368 e. The standard InChI is InChI=1S/C16H16BrFN6/c17-14-5-10-11(15-12(18)6-22-16(19)23-15)8-24(13(10)7-21-14)9-1-3-20-4-2-9/h5-9,20H,1-4H2,(H2,19,22,23). The number of anilines is 1. The summed E-state index contributed by atoms with van der Waals surface area (Å²) >= 11 is 3.40. The topological polar surface area (TPSA) is 81.6 Å². The van der Waals surface area contributed by atoms with Crippen LogP contribution in [0.4, 0.5) is 10.3 Å². The average molecular weight is 391 g/mol. The fourth-order valence-corrected chi connectivity index (χ4v) is 3.60. The van der Waals surface area contributed by atoms with Crippen molar-refractivity contribution in [2.45, 2.75) is 18.9 Å². The quantitative estimate of drug-likeness (QED) is 0.657. The smallest absolute Gasteiger partial charge is 0.220 e. The highest BCUT2D eigenvalue weighted by molar-refractivity contribution is 9.10. The van der Waals surface area contributed by atoms with Crippen molar-refractivity contribution in [3.63, 3.8) is 0 Å². The maximum atomic E-state index is 14.3. The minimum atomic E-state index is -0.485. The number of fused-ring (bicyclic) bond motifs is 1. The Kier molecular flexibility index (Phi) is 3.93. The molecule has 0 radical (unpaired) electrons. The summed E-state index contributed by atoms with van der Waals surface area (Å²) in [7, 11) is 0. The maximum absolute atomic E-state index is 14.3. The van der Waals surface area contributed by atoms with Gasteiger partial charge in [-0.05, 0) is 47.9 Å². The first-order valence-electron chi connectivity index (χ1n) is 7.78. The third-order valence-corrected chi connectivity index (χ3v) is 4.84. The summed E-state index contributed by atoms with van der Waals surface area (Å²) in [6, 6.07) is 2.24. The average Bonchev–Trinajstić information content (AvgIpc) is 2.96. The normalized spacial score (nSPS) is 15.9. The molecule has 0 saturated carbocycles. The van der Waals surface area contributed by atoms with Gasteiger partial charge in [-0.3, -0.25) is 0 Å². The van der Waals surface area contributed by atoms with Gasteiger partial charge >= 0.3 is 0 Å². The number of aromatic nitrogens is 4. The summed E-state index contributed by atoms with van der Waals surface area (Å²) in [6.45, 7) is 1.94. The summed E-state index contributed by atoms with van der Waals surface area (Å²) < 4.78 is 17.2. The lowest BCUT2D eigenvalue weighted by molar-refractivity contribution is 0.376. The van der Waals surface area contributed by atoms with Crippen LogP contribution in [0.1, 0.15) is 18.9 Å². The molecular formula is C16H16BrFN6. The summed E-state index contributed by atoms with van der Waals surface area (Å²) in [5, 5.41) is 4.26. The SMILES string of the molecule is Nc1ncc(F)c(-c2cn(C3CCNCC3)c3cnc(Br)cc23)n1. The fourth-order valence-electron chi connectivity index (χ4n) is 3.27. The number of nitrogen functional groups attached to an aromatic ring is 1. The second-order valence-electron chi connectivity index (χ2n) is 5.88. The molecule has 6 nitrogen and oxygen atoms in total. The molecule has 8 heteroatoms. The lowest BCUT2D eigenvalue weighted by Gasteiger charge is -2.25. The molecule has 1 fully saturated rings. The van der Waals surface area contributed by atoms with Crippen molar-refractivity contribution in [2.24, 2.45) is 0 Å². The Morgan fingerprint density at radius 3 is 2.83 bits per heavy atom. The number of piperidine rings is 1. The maximum Gasteiger partial charge on any atom is 0.220 e. The molecular weight excluding hydrogens is 375 g/mol. The van der Waals surface area contributed by atoms with Crippen molar-refractivity contribution >= 4 is 32.8 Å². The minimum absolute atomic E-state index is 0.0577. The van der Waals surface area contributed by atoms with Crippen LogP contribution in [0.5, 0.6) is 0 Å². The summed E-state index contributed by atoms with van der Waals surface area (Å²) in [5.74, 6) is -0.427. The summed E-state index contributed by atoms with van der Waals surface area (Å²) in [4.78, 5) is 12.2. The highest BCUT2D eigenvalue weighted by Gasteiger charge is 2.22. The van der Waals surface area contributed by atoms with Gasteiger partial charge in [0.1, 0.15) is 10.3 Å². The molecule has 0 aromatic carbocycles. The Labute approximate surface area is 146 Å². The Bertz CT molecular complexity index is 903. The molecule has 3 N–H and O–H groups in total. The third kappa shape index (κ3) is 2.65. The number of halogens is 2. The van der Waals surface area contributed by atoms with E-state index in [0.717, 1.165) is 43.0 Å². The van der Waals surface area contributed by atoms with Crippen LogP contribution in [-0.4, -0.2) is 32.6 Å². The van der Waals surface area contributed by atoms with Crippen molar-refractivity contribution < 1.29 is 4.39 Å². The van der Waals surface area contributed by atoms with E-state index in [4.69, 9.17) is 5.73 Å². The molecule has 24 heavy (non-hydrogen) atoms. The molecule has 4 heterocycles. The Balaban J connectivity index is 1.94. The molecule has 3 aromatic rings. The van der Waals surface area contributed by atoms with E-state index >= 15 is 0 Å². The summed E-state index contributed by atoms with van der Waals surface area (Å²) in [6.07, 6.45) is 6.93. The Morgan fingerprint density at radius 2 is 2.04 bits per heavy atom. The molecule has 124 valence electrons. The van der Waals surface area contributed by atoms with Gasteiger partial charge in [0.05, 0.1) is 17.9 Å². The van der Waals surface area contributed by atoms with Gasteiger partial charge in [-0.15, -0.1) is 0 Å². The molecule has 4 rings (SSSR count). The lowest BCUT2D eigenvalue weighted by Crippen LogP contribution is -2.29. The van der Waals surface area contributed by atoms with Crippen LogP contribution in [0.25, 0.3) is 22.2 Å². The number of nitrogens with one attached hydrogen (secondary N) is 1. The number of nitrogens with zero attached hydrogens (tertiary/aromatic N) is 4. The number of hydrogen-bond donors (Lipinski definition) is 2. The molecule has 1 aliphatic heterocycles. The van der Waals surface area contributed by atoms with Gasteiger partial charge in [-0.25, -0.2) is 19.3 Å². The van der Waals surface area contributed by atoms with E-state index in [1.54, 1.807) is 0 Å². The molecule has 0 atom stereocenters. The van der Waals surface area contributed by atoms with Crippen molar-refractivity contribution in [1.82, 2.24) is 24.8 Å². The van der Waals surface area contributed by atoms with Gasteiger partial charge in [0.15, 0.2) is 5.82 Å². The molecule has 0 amide bonds. The first-order valence-corrected chi connectivity index (χ1v) is 8.58. The van der Waals surface area contributed by atoms with Crippen molar-refractivity contribution in [3.05, 3.63) is 35.1 Å². The first kappa shape index (κ1) is 15.5. The zero-order chi connectivity index (χ0) is 16.7. The number of rotatable bonds is 2. The van der Waals surface area contributed by atoms with Gasteiger partial charge in [-0.2, -0.15) is 0 Å². The van der Waals surface area contributed by atoms with E-state index in [9.17, 15) is 4.39 Å². The van der Waals surface area contributed by atoms with E-state index in [-0.39, 0.29) is 11.6 Å². The summed E-state index contributed by atoms with van der Waals surface area (Å²) in [5.41, 5.74) is 7.56. The molecule has 0 bridgehead atoms. The van der Waals surface area contributed by atoms with Gasteiger partial charge in [0.2, 0.25) is 5.95 Å². The zero-order valence-electron chi connectivity index (χ0n) is 12.8. The van der Waals surface area contributed by atoms with Crippen molar-refractivity contribution in [1.29, 1.82) is 0 Å². The van der Waals surface area contributed by atoms with Crippen LogP contribution < -0.4 is 11.1 Å². The predicted molar refractivity (Wildman–Crippen MR) is 94.0 cm³/mol. The molecule has 0 unspecified atom stereocenters. The van der Waals surface area contributed by atoms with Crippen LogP contribution in [0, 0.1) is 5.82 Å². The van der Waals surface area contributed by atoms with Crippen LogP contribution in [0.2, 0.25) is 0 Å². The zero-order valence-corrected chi connectivity index (χ0v) is 14.4. The third-order valence-electron chi connectivity index (χ3n) is 4.41. The molecule has 0 spiro atoms. The van der Waals surface area contributed by atoms with Gasteiger partial charge in [0, 0.05) is 23.2 Å². The fraction of sp³-hybridized carbons (Fsp3) is 0.312. The molecule has 1 aliphatic rings. The predicted octanol–water partition coefficient (Wildman–Crippen LogP) is 2.90. The van der Waals surface area contributed by atoms with Crippen LogP contribution in [0.3, 0.4) is 0 Å². The van der Waals surface area contributed by atoms with Crippen LogP contribution >= 0.6 is 15.9 Å². The highest BCUT2D eigenvalue weighted by atomic mass is 79.9. The van der Waals surface area contributed by atoms with E-state index in [2.05, 4.69) is 40.8 Å². The Hall–Kier alpha value is -2.06. The van der Waals surface area contributed by atoms with Gasteiger partial charge < -0.3 is 15.6 Å². The van der Waals surface area contributed by atoms with Gasteiger partial charge in [0.25, 0.3) is 0 Å². The second kappa shape index (κ2) is 6.10. The monoisotopic (exact) mass is 390 g/mol. The number of pyridine rings is 1. The number of hydrogen-bond acceptors (Lipinski definition) is 5. The Morgan fingerprint density at radius 1 is 1.25 bits per heavy atom. The van der Waals surface area contributed by atoms with Gasteiger partial charge in [-0.1, -0.05) is 0 Å². The molecule has 3 aromatic heterocycles. The number of nitrogens with two attached hydrogens (primary N) is 1. The van der Waals surface area contributed by atoms with E-state index in [1.807, 2.05) is 18.5 Å². The van der Waals surface area contributed by atoms with Crippen molar-refractivity contribution in [2.75, 3.05) is 18.8 Å². The van der Waals surface area contributed by atoms with E-state index < -0.39 is 5.82 Å². The minimum Gasteiger partial charge on any atom is -0.368 e. The van der Waals surface area contributed by atoms with Crippen LogP contribution in [-0.2, 0) is 0 Å². The first-order chi connectivity index (χ1) is 11.6. The molecule has 1 saturated heterocycles. The van der Waals surface area contributed by atoms with Crippen molar-refractivity contribution in [3.8, 4) is 11.3 Å². The lowest BCUT2D eigenvalue weighted by atomic mass is 10.1. The van der Waals surface area contributed by atoms with E-state index in [1.165, 1.54) is 0 Å². The molecule has 0 aliphatic carbocycles. The second-order valence-corrected chi connectivity index (χ2v) is 6.69. The highest BCUT2D eigenvalue weighted by Crippen LogP contribution is 2.35. The van der Waals surface area contributed by atoms with Crippen LogP contribution in [0.15, 0.2) is 29.3 Å².